The van der Waals surface area contributed by atoms with E-state index < -0.39 is 53.9 Å². The monoisotopic (exact) mass is 530 g/mol. The number of anilines is 2. The normalized spacial score (nSPS) is 14.4. The van der Waals surface area contributed by atoms with Crippen LogP contribution < -0.4 is 32.3 Å². The first-order chi connectivity index (χ1) is 17.1. The SMILES string of the molecule is C[C@H](N)C(=O)N(c1ccc(N2C(=O)C=CC2=O)cc1)[C@@H](CCCNC(N)=O)C(N)=O.O=C(O)C(F)(F)F. The molecule has 1 aromatic carbocycles. The highest BCUT2D eigenvalue weighted by Crippen LogP contribution is 2.26. The number of carbonyl (C=O) groups is 6. The number of nitrogens with zero attached hydrogens (tertiary/aromatic N) is 2. The summed E-state index contributed by atoms with van der Waals surface area (Å²) >= 11 is 0. The molecule has 0 radical (unpaired) electrons. The van der Waals surface area contributed by atoms with Crippen molar-refractivity contribution in [2.75, 3.05) is 16.3 Å². The Balaban J connectivity index is 0.000000856. The Kier molecular flexibility index (Phi) is 10.7. The van der Waals surface area contributed by atoms with Gasteiger partial charge in [-0.25, -0.2) is 14.5 Å². The lowest BCUT2D eigenvalue weighted by Gasteiger charge is -2.31. The highest BCUT2D eigenvalue weighted by atomic mass is 19.4. The average molecular weight is 530 g/mol. The van der Waals surface area contributed by atoms with Gasteiger partial charge in [-0.05, 0) is 44.0 Å². The first-order valence-electron chi connectivity index (χ1n) is 10.5. The quantitative estimate of drug-likeness (QED) is 0.211. The largest absolute Gasteiger partial charge is 0.490 e. The molecule has 0 bridgehead atoms. The topological polar surface area (TPSA) is 219 Å². The molecule has 1 heterocycles. The fourth-order valence-electron chi connectivity index (χ4n) is 3.00. The van der Waals surface area contributed by atoms with Crippen molar-refractivity contribution in [2.24, 2.45) is 17.2 Å². The average Bonchev–Trinajstić information content (AvgIpc) is 3.13. The number of rotatable bonds is 9. The number of primary amides is 2. The third-order valence-electron chi connectivity index (χ3n) is 4.66. The van der Waals surface area contributed by atoms with Crippen molar-refractivity contribution in [3.05, 3.63) is 36.4 Å². The summed E-state index contributed by atoms with van der Waals surface area (Å²) in [5, 5.41) is 9.53. The van der Waals surface area contributed by atoms with Crippen molar-refractivity contribution in [1.29, 1.82) is 0 Å². The number of halogens is 3. The first-order valence-corrected chi connectivity index (χ1v) is 10.5. The number of amides is 6. The Morgan fingerprint density at radius 3 is 1.92 bits per heavy atom. The second-order valence-electron chi connectivity index (χ2n) is 7.51. The Morgan fingerprint density at radius 2 is 1.54 bits per heavy atom. The second kappa shape index (κ2) is 13.0. The number of alkyl halides is 3. The number of benzene rings is 1. The number of aliphatic carboxylic acids is 1. The van der Waals surface area contributed by atoms with E-state index in [2.05, 4.69) is 5.32 Å². The summed E-state index contributed by atoms with van der Waals surface area (Å²) in [6.07, 6.45) is -2.28. The molecule has 202 valence electrons. The Bertz CT molecular complexity index is 1060. The lowest BCUT2D eigenvalue weighted by molar-refractivity contribution is -0.192. The van der Waals surface area contributed by atoms with Gasteiger partial charge in [-0.2, -0.15) is 13.2 Å². The number of hydrogen-bond donors (Lipinski definition) is 5. The van der Waals surface area contributed by atoms with Crippen molar-refractivity contribution in [3.63, 3.8) is 0 Å². The van der Waals surface area contributed by atoms with Crippen LogP contribution in [0.3, 0.4) is 0 Å². The number of imide groups is 1. The van der Waals surface area contributed by atoms with Gasteiger partial charge in [0.05, 0.1) is 11.7 Å². The maximum absolute atomic E-state index is 12.8. The van der Waals surface area contributed by atoms with Gasteiger partial charge in [0, 0.05) is 24.4 Å². The van der Waals surface area contributed by atoms with Gasteiger partial charge in [0.25, 0.3) is 11.8 Å². The van der Waals surface area contributed by atoms with E-state index in [4.69, 9.17) is 27.1 Å². The zero-order valence-electron chi connectivity index (χ0n) is 19.4. The summed E-state index contributed by atoms with van der Waals surface area (Å²) in [6.45, 7) is 1.67. The van der Waals surface area contributed by atoms with Crippen LogP contribution in [0.5, 0.6) is 0 Å². The molecule has 0 aliphatic carbocycles. The Labute approximate surface area is 208 Å². The lowest BCUT2D eigenvalue weighted by atomic mass is 10.1. The van der Waals surface area contributed by atoms with Gasteiger partial charge in [-0.1, -0.05) is 0 Å². The van der Waals surface area contributed by atoms with E-state index in [0.29, 0.717) is 17.8 Å². The van der Waals surface area contributed by atoms with Crippen molar-refractivity contribution < 1.29 is 47.0 Å². The molecule has 1 aromatic rings. The minimum absolute atomic E-state index is 0.156. The summed E-state index contributed by atoms with van der Waals surface area (Å²) in [4.78, 5) is 70.4. The molecule has 0 fully saturated rings. The number of carbonyl (C=O) groups excluding carboxylic acids is 5. The Morgan fingerprint density at radius 1 is 1.05 bits per heavy atom. The van der Waals surface area contributed by atoms with Crippen LogP contribution in [0.4, 0.5) is 29.3 Å². The number of urea groups is 1. The minimum atomic E-state index is -5.08. The minimum Gasteiger partial charge on any atom is -0.475 e. The molecule has 2 rings (SSSR count). The van der Waals surface area contributed by atoms with E-state index in [-0.39, 0.29) is 13.0 Å². The predicted octanol–water partition coefficient (Wildman–Crippen LogP) is -0.268. The zero-order valence-corrected chi connectivity index (χ0v) is 19.4. The first kappa shape index (κ1) is 30.6. The molecule has 0 spiro atoms. The molecule has 1 aliphatic rings. The molecule has 6 amide bonds. The molecular formula is C21H25F3N6O7. The number of hydrogen-bond acceptors (Lipinski definition) is 7. The van der Waals surface area contributed by atoms with Crippen molar-refractivity contribution in [1.82, 2.24) is 5.32 Å². The summed E-state index contributed by atoms with van der Waals surface area (Å²) in [5.74, 6) is -5.00. The fraction of sp³-hybridized carbons (Fsp3) is 0.333. The number of nitrogens with two attached hydrogens (primary N) is 3. The van der Waals surface area contributed by atoms with Crippen LogP contribution >= 0.6 is 0 Å². The number of carboxylic acid groups (broad SMARTS) is 1. The van der Waals surface area contributed by atoms with Crippen molar-refractivity contribution >= 4 is 47.0 Å². The molecule has 0 aromatic heterocycles. The van der Waals surface area contributed by atoms with E-state index in [1.807, 2.05) is 0 Å². The molecule has 8 N–H and O–H groups in total. The summed E-state index contributed by atoms with van der Waals surface area (Å²) in [5.41, 5.74) is 16.9. The van der Waals surface area contributed by atoms with Crippen LogP contribution in [0.2, 0.25) is 0 Å². The lowest BCUT2D eigenvalue weighted by Crippen LogP contribution is -2.53. The molecule has 37 heavy (non-hydrogen) atoms. The van der Waals surface area contributed by atoms with Gasteiger partial charge in [0.15, 0.2) is 0 Å². The molecule has 1 aliphatic heterocycles. The molecule has 16 heteroatoms. The second-order valence-corrected chi connectivity index (χ2v) is 7.51. The summed E-state index contributed by atoms with van der Waals surface area (Å²) < 4.78 is 31.7. The molecule has 0 unspecified atom stereocenters. The van der Waals surface area contributed by atoms with Gasteiger partial charge in [-0.3, -0.25) is 24.1 Å². The third-order valence-corrected chi connectivity index (χ3v) is 4.66. The highest BCUT2D eigenvalue weighted by Gasteiger charge is 2.38. The summed E-state index contributed by atoms with van der Waals surface area (Å²) in [6, 6.07) is 3.30. The van der Waals surface area contributed by atoms with E-state index in [0.717, 1.165) is 17.1 Å². The highest BCUT2D eigenvalue weighted by molar-refractivity contribution is 6.28. The van der Waals surface area contributed by atoms with Gasteiger partial charge >= 0.3 is 18.2 Å². The summed E-state index contributed by atoms with van der Waals surface area (Å²) in [7, 11) is 0. The van der Waals surface area contributed by atoms with E-state index in [1.165, 1.54) is 36.1 Å². The van der Waals surface area contributed by atoms with E-state index in [1.54, 1.807) is 0 Å². The molecule has 0 saturated carbocycles. The van der Waals surface area contributed by atoms with Crippen LogP contribution in [0.25, 0.3) is 0 Å². The molecule has 13 nitrogen and oxygen atoms in total. The third kappa shape index (κ3) is 8.92. The molecule has 0 saturated heterocycles. The van der Waals surface area contributed by atoms with Gasteiger partial charge in [0.1, 0.15) is 6.04 Å². The van der Waals surface area contributed by atoms with Crippen LogP contribution in [-0.4, -0.2) is 65.5 Å². The molecule has 2 atom stereocenters. The number of carboxylic acids is 1. The number of nitrogens with one attached hydrogen (secondary N) is 1. The maximum atomic E-state index is 12.8. The van der Waals surface area contributed by atoms with Crippen LogP contribution in [0.1, 0.15) is 19.8 Å². The standard InChI is InChI=1S/C19H24N6O5.C2HF3O2/c1-11(20)18(29)24(14(17(21)28)3-2-10-23-19(22)30)12-4-6-13(7-5-12)25-15(26)8-9-16(25)27;3-2(4,5)1(6)7/h4-9,11,14H,2-3,10,20H2,1H3,(H2,21,28)(H3,22,23,30);(H,6,7)/t11-,14-;/m0./s1. The van der Waals surface area contributed by atoms with E-state index in [9.17, 15) is 37.1 Å². The van der Waals surface area contributed by atoms with Crippen molar-refractivity contribution in [3.8, 4) is 0 Å². The smallest absolute Gasteiger partial charge is 0.475 e. The maximum Gasteiger partial charge on any atom is 0.490 e. The fourth-order valence-corrected chi connectivity index (χ4v) is 3.00. The van der Waals surface area contributed by atoms with Crippen LogP contribution in [0, 0.1) is 0 Å². The van der Waals surface area contributed by atoms with Gasteiger partial charge in [0.2, 0.25) is 11.8 Å². The van der Waals surface area contributed by atoms with Crippen LogP contribution in [-0.2, 0) is 24.0 Å². The zero-order chi connectivity index (χ0) is 28.5. The predicted molar refractivity (Wildman–Crippen MR) is 123 cm³/mol. The Hall–Kier alpha value is -4.47. The van der Waals surface area contributed by atoms with Gasteiger partial charge in [-0.15, -0.1) is 0 Å². The van der Waals surface area contributed by atoms with Gasteiger partial charge < -0.3 is 27.6 Å². The van der Waals surface area contributed by atoms with Crippen LogP contribution in [0.15, 0.2) is 36.4 Å². The molecular weight excluding hydrogens is 505 g/mol. The van der Waals surface area contributed by atoms with Crippen molar-refractivity contribution in [2.45, 2.75) is 38.0 Å². The van der Waals surface area contributed by atoms with E-state index >= 15 is 0 Å².